The van der Waals surface area contributed by atoms with Crippen LogP contribution in [0.25, 0.3) is 21.9 Å². The molecule has 36 heteroatoms. The molecule has 0 aliphatic rings. The minimum absolute atomic E-state index is 0.00414. The lowest BCUT2D eigenvalue weighted by molar-refractivity contribution is -0.143. The molecule has 3 aromatic rings. The Morgan fingerprint density at radius 1 is 0.447 bits per heavy atom. The Balaban J connectivity index is 1.84. The maximum atomic E-state index is 14.5. The molecular formula is C78H127N17O18S. The maximum Gasteiger partial charge on any atom is 0.326 e. The summed E-state index contributed by atoms with van der Waals surface area (Å²) in [5, 5.41) is 53.6. The lowest BCUT2D eigenvalue weighted by atomic mass is 9.96. The summed E-state index contributed by atoms with van der Waals surface area (Å²) in [5.41, 5.74) is 30.9. The number of carboxylic acid groups (broad SMARTS) is 1. The SMILES string of the molecule is CC[C@H](C)[C@H](NC(=O)CCc1cccc2c1oc1c(CCNC(=O)[C@H](CC(C)C)NC(=O)[C@H](CCCCN)NC(=O)[C@H](CCSC)NC(=O)[C@H](CCC(N)=O)NC(=O)[C@@H](NC(=O)[C@H](CO)NC(=O)[C@H](CC(C)C)NC(=O)[C@H](CCCCN)NC(=O)[C@@H](NC(=O)[C@H](CC(N)=O)NC(=O)[C@H](C)N)[C@@H](C)CC)C(C)C)cccc12)C(=O)O. The zero-order valence-electron chi connectivity index (χ0n) is 68.1. The van der Waals surface area contributed by atoms with Gasteiger partial charge in [0.25, 0.3) is 0 Å². The molecule has 1 heterocycles. The average molecular weight is 1620 g/mol. The van der Waals surface area contributed by atoms with E-state index in [1.165, 1.54) is 18.7 Å². The predicted octanol–water partition coefficient (Wildman–Crippen LogP) is -0.0734. The molecule has 0 spiro atoms. The van der Waals surface area contributed by atoms with Gasteiger partial charge in [0.15, 0.2) is 0 Å². The Morgan fingerprint density at radius 2 is 0.860 bits per heavy atom. The van der Waals surface area contributed by atoms with Crippen LogP contribution in [0.2, 0.25) is 0 Å². The molecule has 24 N–H and O–H groups in total. The van der Waals surface area contributed by atoms with Crippen LogP contribution in [0.15, 0.2) is 40.8 Å². The summed E-state index contributed by atoms with van der Waals surface area (Å²) >= 11 is 1.34. The number of primary amides is 2. The summed E-state index contributed by atoms with van der Waals surface area (Å²) < 4.78 is 6.49. The van der Waals surface area contributed by atoms with Gasteiger partial charge in [0, 0.05) is 30.2 Å². The number of para-hydroxylation sites is 2. The van der Waals surface area contributed by atoms with E-state index in [1.807, 2.05) is 57.2 Å². The van der Waals surface area contributed by atoms with Gasteiger partial charge < -0.3 is 107 Å². The van der Waals surface area contributed by atoms with Crippen molar-refractivity contribution in [2.45, 2.75) is 258 Å². The molecule has 35 nitrogen and oxygen atoms in total. The number of amides is 14. The number of hydrogen-bond donors (Lipinski definition) is 19. The number of aryl methyl sites for hydroxylation is 1. The van der Waals surface area contributed by atoms with E-state index in [2.05, 4.69) is 63.8 Å². The van der Waals surface area contributed by atoms with E-state index in [-0.39, 0.29) is 82.3 Å². The molecule has 0 radical (unpaired) electrons. The van der Waals surface area contributed by atoms with Gasteiger partial charge in [-0.2, -0.15) is 11.8 Å². The molecule has 3 rings (SSSR count). The van der Waals surface area contributed by atoms with Gasteiger partial charge in [-0.05, 0) is 150 Å². The number of nitrogens with two attached hydrogens (primary N) is 5. The van der Waals surface area contributed by atoms with Gasteiger partial charge in [-0.25, -0.2) is 4.79 Å². The highest BCUT2D eigenvalue weighted by Crippen LogP contribution is 2.34. The third-order valence-electron chi connectivity index (χ3n) is 19.5. The third kappa shape index (κ3) is 33.1. The molecule has 0 bridgehead atoms. The first kappa shape index (κ1) is 98.7. The van der Waals surface area contributed by atoms with Gasteiger partial charge in [0.05, 0.1) is 19.1 Å². The standard InChI is InChI=1S/C78H127N17O18S/c1-13-44(9)63(95-74(107)57(39-60(83)98)89-67(100)46(11)81)77(110)87-52(26-16-18-34-80)70(103)91-56(38-42(5)6)73(106)92-58(40-96)75(108)94-62(43(7)8)76(109)88-53(28-29-59(82)97)71(104)86-54(32-36-114-12)72(105)85-51(25-15-17-33-79)69(102)90-55(37-41(3)4)68(101)84-35-31-48-22-20-24-50-49-23-19-21-47(65(49)113-66(48)50)27-30-61(99)93-64(78(111)112)45(10)14-2/h19-24,41-46,51-58,62-64,96H,13-18,25-40,79-81H2,1-12H3,(H2,82,97)(H2,83,98)(H,84,101)(H,85,105)(H,86,104)(H,87,110)(H,88,109)(H,89,100)(H,90,102)(H,91,103)(H,92,106)(H,93,99)(H,94,108)(H,95,107)(H,111,112)/t44-,45-,46-,51-,52-,53-,54-,55-,56-,57-,58-,62-,63-,64-/m0/s1. The van der Waals surface area contributed by atoms with Crippen molar-refractivity contribution in [2.24, 2.45) is 58.3 Å². The molecule has 0 unspecified atom stereocenters. The number of rotatable bonds is 55. The third-order valence-corrected chi connectivity index (χ3v) is 20.1. The largest absolute Gasteiger partial charge is 0.480 e. The summed E-state index contributed by atoms with van der Waals surface area (Å²) in [6.45, 7) is 18.2. The van der Waals surface area contributed by atoms with Gasteiger partial charge in [-0.15, -0.1) is 0 Å². The van der Waals surface area contributed by atoms with Crippen molar-refractivity contribution in [1.29, 1.82) is 0 Å². The van der Waals surface area contributed by atoms with Crippen molar-refractivity contribution < 1.29 is 86.5 Å². The number of carbonyl (C=O) groups is 15. The molecule has 0 aliphatic heterocycles. The van der Waals surface area contributed by atoms with Crippen molar-refractivity contribution in [2.75, 3.05) is 38.2 Å². The lowest BCUT2D eigenvalue weighted by Gasteiger charge is -2.30. The van der Waals surface area contributed by atoms with E-state index < -0.39 is 199 Å². The number of thioether (sulfide) groups is 1. The second kappa shape index (κ2) is 50.6. The first-order chi connectivity index (χ1) is 53.9. The molecule has 2 aromatic carbocycles. The van der Waals surface area contributed by atoms with E-state index in [4.69, 9.17) is 33.1 Å². The molecule has 14 amide bonds. The number of hydrogen-bond acceptors (Lipinski definition) is 21. The Kier molecular flexibility index (Phi) is 43.8. The van der Waals surface area contributed by atoms with Crippen LogP contribution in [0, 0.1) is 29.6 Å². The lowest BCUT2D eigenvalue weighted by Crippen LogP contribution is -2.62. The van der Waals surface area contributed by atoms with Crippen LogP contribution in [0.5, 0.6) is 0 Å². The van der Waals surface area contributed by atoms with Crippen LogP contribution in [0.1, 0.15) is 184 Å². The number of carbonyl (C=O) groups excluding carboxylic acids is 14. The molecule has 0 aliphatic carbocycles. The number of unbranched alkanes of at least 4 members (excludes halogenated alkanes) is 2. The predicted molar refractivity (Wildman–Crippen MR) is 432 cm³/mol. The van der Waals surface area contributed by atoms with Crippen LogP contribution in [0.3, 0.4) is 0 Å². The van der Waals surface area contributed by atoms with E-state index in [1.54, 1.807) is 54.7 Å². The highest BCUT2D eigenvalue weighted by Gasteiger charge is 2.39. The summed E-state index contributed by atoms with van der Waals surface area (Å²) in [5.74, 6) is -14.4. The van der Waals surface area contributed by atoms with Gasteiger partial charge in [-0.3, -0.25) is 67.1 Å². The highest BCUT2D eigenvalue weighted by atomic mass is 32.2. The fourth-order valence-electron chi connectivity index (χ4n) is 12.5. The Labute approximate surface area is 671 Å². The molecule has 14 atom stereocenters. The van der Waals surface area contributed by atoms with Crippen LogP contribution in [-0.2, 0) is 84.8 Å². The van der Waals surface area contributed by atoms with Crippen LogP contribution in [-0.4, -0.2) is 210 Å². The first-order valence-electron chi connectivity index (χ1n) is 39.4. The van der Waals surface area contributed by atoms with Crippen molar-refractivity contribution in [1.82, 2.24) is 63.8 Å². The van der Waals surface area contributed by atoms with E-state index in [9.17, 15) is 82.1 Å². The van der Waals surface area contributed by atoms with E-state index in [0.29, 0.717) is 61.9 Å². The molecule has 638 valence electrons. The summed E-state index contributed by atoms with van der Waals surface area (Å²) in [6.07, 6.45) is 3.53. The van der Waals surface area contributed by atoms with Gasteiger partial charge in [0.1, 0.15) is 77.6 Å². The first-order valence-corrected chi connectivity index (χ1v) is 40.8. The Hall–Kier alpha value is -9.52. The number of aliphatic hydroxyl groups excluding tert-OH is 1. The second-order valence-corrected chi connectivity index (χ2v) is 31.3. The van der Waals surface area contributed by atoms with Crippen molar-refractivity contribution in [3.63, 3.8) is 0 Å². The van der Waals surface area contributed by atoms with E-state index in [0.717, 1.165) is 21.9 Å². The minimum atomic E-state index is -1.77. The molecule has 0 saturated heterocycles. The minimum Gasteiger partial charge on any atom is -0.480 e. The van der Waals surface area contributed by atoms with Gasteiger partial charge >= 0.3 is 5.97 Å². The van der Waals surface area contributed by atoms with Gasteiger partial charge in [-0.1, -0.05) is 118 Å². The number of aliphatic carboxylic acids is 1. The molecule has 0 saturated carbocycles. The van der Waals surface area contributed by atoms with Crippen molar-refractivity contribution >= 4 is 122 Å². The van der Waals surface area contributed by atoms with Crippen LogP contribution < -0.4 is 92.5 Å². The van der Waals surface area contributed by atoms with Gasteiger partial charge in [0.2, 0.25) is 82.7 Å². The topological polar surface area (TPSA) is 584 Å². The molecule has 1 aromatic heterocycles. The summed E-state index contributed by atoms with van der Waals surface area (Å²) in [4.78, 5) is 204. The molecule has 0 fully saturated rings. The van der Waals surface area contributed by atoms with Crippen LogP contribution >= 0.6 is 11.8 Å². The normalized spacial score (nSPS) is 15.1. The maximum absolute atomic E-state index is 14.5. The summed E-state index contributed by atoms with van der Waals surface area (Å²) in [6, 6.07) is -5.00. The number of fused-ring (bicyclic) bond motifs is 3. The Morgan fingerprint density at radius 3 is 1.31 bits per heavy atom. The molecule has 114 heavy (non-hydrogen) atoms. The number of nitrogens with one attached hydrogen (secondary N) is 12. The Bertz CT molecular complexity index is 3720. The number of aliphatic hydroxyl groups is 1. The number of carboxylic acids is 1. The average Bonchev–Trinajstić information content (AvgIpc) is 1.62. The fourth-order valence-corrected chi connectivity index (χ4v) is 12.9. The second-order valence-electron chi connectivity index (χ2n) is 30.3. The van der Waals surface area contributed by atoms with Crippen molar-refractivity contribution in [3.05, 3.63) is 47.5 Å². The fraction of sp³-hybridized carbons (Fsp3) is 0.654. The van der Waals surface area contributed by atoms with Crippen molar-refractivity contribution in [3.8, 4) is 0 Å². The zero-order chi connectivity index (χ0) is 85.6. The number of benzene rings is 2. The van der Waals surface area contributed by atoms with Crippen LogP contribution in [0.4, 0.5) is 0 Å². The highest BCUT2D eigenvalue weighted by molar-refractivity contribution is 7.98. The summed E-state index contributed by atoms with van der Waals surface area (Å²) in [7, 11) is 0. The smallest absolute Gasteiger partial charge is 0.326 e. The number of furan rings is 1. The zero-order valence-corrected chi connectivity index (χ0v) is 68.9. The monoisotopic (exact) mass is 1620 g/mol. The van der Waals surface area contributed by atoms with E-state index >= 15 is 0 Å². The molecular weight excluding hydrogens is 1500 g/mol. The quantitative estimate of drug-likeness (QED) is 0.0329.